The molecule has 1 aliphatic heterocycles. The van der Waals surface area contributed by atoms with Crippen LogP contribution in [-0.2, 0) is 6.54 Å². The molecule has 1 aromatic heterocycles. The number of hydrogen-bond acceptors (Lipinski definition) is 6. The molecular formula is C14H12F2N2O4S. The number of aromatic nitrogens is 1. The van der Waals surface area contributed by atoms with Gasteiger partial charge in [-0.15, -0.1) is 20.1 Å². The van der Waals surface area contributed by atoms with Crippen molar-refractivity contribution in [2.45, 2.75) is 25.8 Å². The molecule has 1 aromatic carbocycles. The van der Waals surface area contributed by atoms with Gasteiger partial charge in [0, 0.05) is 17.5 Å². The summed E-state index contributed by atoms with van der Waals surface area (Å²) in [6.07, 6.45) is -3.66. The smallest absolute Gasteiger partial charge is 0.476 e. The molecule has 0 spiro atoms. The molecule has 2 aromatic rings. The van der Waals surface area contributed by atoms with E-state index in [0.29, 0.717) is 10.6 Å². The molecule has 0 amide bonds. The summed E-state index contributed by atoms with van der Waals surface area (Å²) in [6, 6.07) is 4.40. The molecule has 0 fully saturated rings. The number of para-hydroxylation sites is 1. The third kappa shape index (κ3) is 3.25. The number of nitrogens with one attached hydrogen (secondary N) is 1. The van der Waals surface area contributed by atoms with E-state index >= 15 is 0 Å². The molecule has 6 nitrogen and oxygen atoms in total. The van der Waals surface area contributed by atoms with E-state index in [1.54, 1.807) is 19.1 Å². The molecule has 0 saturated carbocycles. The van der Waals surface area contributed by atoms with Crippen LogP contribution in [0.4, 0.5) is 8.78 Å². The minimum absolute atomic E-state index is 0.00237. The Labute approximate surface area is 133 Å². The van der Waals surface area contributed by atoms with Gasteiger partial charge in [-0.3, -0.25) is 0 Å². The molecule has 0 bridgehead atoms. The minimum Gasteiger partial charge on any atom is -0.476 e. The number of aromatic carboxylic acids is 1. The maximum atomic E-state index is 13.1. The summed E-state index contributed by atoms with van der Waals surface area (Å²) < 4.78 is 35.2. The van der Waals surface area contributed by atoms with Gasteiger partial charge in [-0.05, 0) is 13.0 Å². The Bertz CT molecular complexity index is 750. The molecule has 122 valence electrons. The Hall–Kier alpha value is -2.26. The fourth-order valence-electron chi connectivity index (χ4n) is 2.10. The predicted octanol–water partition coefficient (Wildman–Crippen LogP) is 3.01. The number of nitrogens with zero attached hydrogens (tertiary/aromatic N) is 1. The number of thiazole rings is 1. The average molecular weight is 342 g/mol. The van der Waals surface area contributed by atoms with Crippen molar-refractivity contribution in [2.75, 3.05) is 0 Å². The number of benzene rings is 1. The Morgan fingerprint density at radius 1 is 1.48 bits per heavy atom. The highest BCUT2D eigenvalue weighted by atomic mass is 32.1. The molecule has 23 heavy (non-hydrogen) atoms. The quantitative estimate of drug-likeness (QED) is 0.869. The summed E-state index contributed by atoms with van der Waals surface area (Å²) in [7, 11) is 0. The number of ether oxygens (including phenoxy) is 2. The van der Waals surface area contributed by atoms with Crippen molar-refractivity contribution in [1.29, 1.82) is 0 Å². The maximum absolute atomic E-state index is 13.1. The number of hydrogen-bond donors (Lipinski definition) is 2. The molecule has 2 N–H and O–H groups in total. The van der Waals surface area contributed by atoms with Crippen LogP contribution in [0.1, 0.15) is 34.0 Å². The topological polar surface area (TPSA) is 80.7 Å². The van der Waals surface area contributed by atoms with Crippen LogP contribution in [0.25, 0.3) is 0 Å². The van der Waals surface area contributed by atoms with Crippen molar-refractivity contribution < 1.29 is 28.2 Å². The first-order valence-corrected chi connectivity index (χ1v) is 7.53. The summed E-state index contributed by atoms with van der Waals surface area (Å²) in [5.41, 5.74) is 0.497. The Balaban J connectivity index is 1.69. The third-order valence-electron chi connectivity index (χ3n) is 3.22. The normalized spacial score (nSPS) is 16.3. The van der Waals surface area contributed by atoms with Gasteiger partial charge < -0.3 is 19.9 Å². The number of alkyl halides is 2. The standard InChI is InChI=1S/C14H12F2N2O4S/c1-7(12-18-9(6-23-12)13(19)20)17-5-8-3-2-4-10-11(8)22-14(15,16)21-10/h2-4,6-7,17H,5H2,1H3,(H,19,20). The van der Waals surface area contributed by atoms with Gasteiger partial charge in [0.2, 0.25) is 0 Å². The number of rotatable bonds is 5. The second-order valence-corrected chi connectivity index (χ2v) is 5.78. The van der Waals surface area contributed by atoms with Crippen LogP contribution < -0.4 is 14.8 Å². The lowest BCUT2D eigenvalue weighted by atomic mass is 10.2. The summed E-state index contributed by atoms with van der Waals surface area (Å²) >= 11 is 1.22. The first-order valence-electron chi connectivity index (χ1n) is 6.65. The summed E-state index contributed by atoms with van der Waals surface area (Å²) in [6.45, 7) is 2.05. The Morgan fingerprint density at radius 3 is 2.96 bits per heavy atom. The van der Waals surface area contributed by atoms with E-state index < -0.39 is 12.3 Å². The molecule has 0 aliphatic carbocycles. The molecule has 1 atom stereocenters. The van der Waals surface area contributed by atoms with E-state index in [0.717, 1.165) is 0 Å². The number of carboxylic acid groups (broad SMARTS) is 1. The molecule has 0 saturated heterocycles. The number of carbonyl (C=O) groups is 1. The van der Waals surface area contributed by atoms with Crippen LogP contribution in [0, 0.1) is 0 Å². The summed E-state index contributed by atoms with van der Waals surface area (Å²) in [4.78, 5) is 14.8. The van der Waals surface area contributed by atoms with Gasteiger partial charge in [0.05, 0.1) is 6.04 Å². The number of carboxylic acids is 1. The zero-order valence-electron chi connectivity index (χ0n) is 11.9. The summed E-state index contributed by atoms with van der Waals surface area (Å²) in [5.74, 6) is -1.10. The van der Waals surface area contributed by atoms with Crippen molar-refractivity contribution in [3.05, 3.63) is 39.8 Å². The highest BCUT2D eigenvalue weighted by Crippen LogP contribution is 2.43. The van der Waals surface area contributed by atoms with Crippen LogP contribution in [0.5, 0.6) is 11.5 Å². The second-order valence-electron chi connectivity index (χ2n) is 4.89. The third-order valence-corrected chi connectivity index (χ3v) is 4.25. The molecule has 9 heteroatoms. The van der Waals surface area contributed by atoms with Gasteiger partial charge >= 0.3 is 12.3 Å². The van der Waals surface area contributed by atoms with Gasteiger partial charge in [0.15, 0.2) is 17.2 Å². The van der Waals surface area contributed by atoms with Crippen LogP contribution in [0.15, 0.2) is 23.6 Å². The molecule has 0 radical (unpaired) electrons. The Kier molecular flexibility index (Phi) is 3.90. The lowest BCUT2D eigenvalue weighted by Crippen LogP contribution is -2.26. The fourth-order valence-corrected chi connectivity index (χ4v) is 2.92. The van der Waals surface area contributed by atoms with E-state index in [1.807, 2.05) is 0 Å². The van der Waals surface area contributed by atoms with Crippen molar-refractivity contribution in [2.24, 2.45) is 0 Å². The van der Waals surface area contributed by atoms with Crippen molar-refractivity contribution in [3.63, 3.8) is 0 Å². The summed E-state index contributed by atoms with van der Waals surface area (Å²) in [5, 5.41) is 14.0. The highest BCUT2D eigenvalue weighted by molar-refractivity contribution is 7.09. The monoisotopic (exact) mass is 342 g/mol. The molecule has 2 heterocycles. The Morgan fingerprint density at radius 2 is 2.26 bits per heavy atom. The molecule has 1 unspecified atom stereocenters. The first kappa shape index (κ1) is 15.6. The number of halogens is 2. The van der Waals surface area contributed by atoms with E-state index in [9.17, 15) is 13.6 Å². The average Bonchev–Trinajstić information content (AvgIpc) is 3.07. The maximum Gasteiger partial charge on any atom is 0.586 e. The SMILES string of the molecule is CC(NCc1cccc2c1OC(F)(F)O2)c1nc(C(=O)O)cs1. The van der Waals surface area contributed by atoms with Crippen LogP contribution in [-0.4, -0.2) is 22.4 Å². The predicted molar refractivity (Wildman–Crippen MR) is 77.0 cm³/mol. The molecule has 3 rings (SSSR count). The van der Waals surface area contributed by atoms with E-state index in [-0.39, 0.29) is 29.8 Å². The zero-order valence-corrected chi connectivity index (χ0v) is 12.7. The van der Waals surface area contributed by atoms with Crippen LogP contribution >= 0.6 is 11.3 Å². The zero-order chi connectivity index (χ0) is 16.6. The second kappa shape index (κ2) is 5.74. The lowest BCUT2D eigenvalue weighted by molar-refractivity contribution is -0.286. The van der Waals surface area contributed by atoms with Gasteiger partial charge in [-0.25, -0.2) is 9.78 Å². The van der Waals surface area contributed by atoms with Gasteiger partial charge in [0.1, 0.15) is 5.01 Å². The van der Waals surface area contributed by atoms with Crippen LogP contribution in [0.2, 0.25) is 0 Å². The van der Waals surface area contributed by atoms with Crippen molar-refractivity contribution in [3.8, 4) is 11.5 Å². The largest absolute Gasteiger partial charge is 0.586 e. The van der Waals surface area contributed by atoms with Gasteiger partial charge in [0.25, 0.3) is 0 Å². The number of fused-ring (bicyclic) bond motifs is 1. The first-order chi connectivity index (χ1) is 10.9. The minimum atomic E-state index is -3.66. The van der Waals surface area contributed by atoms with Crippen LogP contribution in [0.3, 0.4) is 0 Å². The lowest BCUT2D eigenvalue weighted by Gasteiger charge is -2.12. The van der Waals surface area contributed by atoms with Gasteiger partial charge in [-0.2, -0.15) is 0 Å². The van der Waals surface area contributed by atoms with Crippen molar-refractivity contribution in [1.82, 2.24) is 10.3 Å². The highest BCUT2D eigenvalue weighted by Gasteiger charge is 2.44. The fraction of sp³-hybridized carbons (Fsp3) is 0.286. The van der Waals surface area contributed by atoms with E-state index in [1.165, 1.54) is 22.8 Å². The van der Waals surface area contributed by atoms with E-state index in [2.05, 4.69) is 19.8 Å². The van der Waals surface area contributed by atoms with Gasteiger partial charge in [-0.1, -0.05) is 12.1 Å². The van der Waals surface area contributed by atoms with E-state index in [4.69, 9.17) is 5.11 Å². The van der Waals surface area contributed by atoms with Crippen molar-refractivity contribution >= 4 is 17.3 Å². The molecule has 1 aliphatic rings. The molecular weight excluding hydrogens is 330 g/mol.